The number of Topliss-reactive ketones (excluding diaryl/α,β-unsaturated/α-hetero) is 1. The molecule has 1 aliphatic heterocycles. The average Bonchev–Trinajstić information content (AvgIpc) is 3.34. The van der Waals surface area contributed by atoms with E-state index >= 15 is 0 Å². The van der Waals surface area contributed by atoms with Crippen molar-refractivity contribution >= 4 is 17.7 Å². The molecule has 3 aliphatic rings. The van der Waals surface area contributed by atoms with Crippen molar-refractivity contribution in [1.29, 1.82) is 0 Å². The SMILES string of the molecule is CC=C(C)C(=O)OC1C(OC(=O)C2(C)OC2C)C=C(C)C2CC(=O)C(C)=CC2C1(C)C. The summed E-state index contributed by atoms with van der Waals surface area (Å²) in [5.41, 5.74) is 0.598. The highest BCUT2D eigenvalue weighted by atomic mass is 16.7. The van der Waals surface area contributed by atoms with Gasteiger partial charge in [-0.05, 0) is 65.0 Å². The Morgan fingerprint density at radius 2 is 1.77 bits per heavy atom. The van der Waals surface area contributed by atoms with Gasteiger partial charge in [0, 0.05) is 17.4 Å². The molecule has 0 bridgehead atoms. The highest BCUT2D eigenvalue weighted by Crippen LogP contribution is 2.49. The Morgan fingerprint density at radius 1 is 1.16 bits per heavy atom. The van der Waals surface area contributed by atoms with Crippen LogP contribution in [0.15, 0.2) is 34.9 Å². The normalized spacial score (nSPS) is 37.1. The highest BCUT2D eigenvalue weighted by Gasteiger charge is 2.59. The van der Waals surface area contributed by atoms with E-state index in [1.54, 1.807) is 26.8 Å². The van der Waals surface area contributed by atoms with Crippen LogP contribution in [0.25, 0.3) is 0 Å². The summed E-state index contributed by atoms with van der Waals surface area (Å²) in [6.07, 6.45) is 4.21. The maximum Gasteiger partial charge on any atom is 0.341 e. The van der Waals surface area contributed by atoms with Crippen LogP contribution in [0.2, 0.25) is 0 Å². The lowest BCUT2D eigenvalue weighted by atomic mass is 9.63. The first-order valence-electron chi connectivity index (χ1n) is 11.0. The van der Waals surface area contributed by atoms with Crippen LogP contribution in [0.3, 0.4) is 0 Å². The fourth-order valence-electron chi connectivity index (χ4n) is 4.66. The van der Waals surface area contributed by atoms with E-state index in [4.69, 9.17) is 14.2 Å². The summed E-state index contributed by atoms with van der Waals surface area (Å²) in [6, 6.07) is 0. The Balaban J connectivity index is 2.04. The molecule has 1 saturated heterocycles. The molecule has 6 unspecified atom stereocenters. The number of rotatable bonds is 4. The third-order valence-corrected chi connectivity index (χ3v) is 7.39. The maximum atomic E-state index is 12.9. The molecule has 3 rings (SSSR count). The summed E-state index contributed by atoms with van der Waals surface area (Å²) in [7, 11) is 0. The third kappa shape index (κ3) is 4.14. The Kier molecular flexibility index (Phi) is 6.09. The molecule has 0 amide bonds. The van der Waals surface area contributed by atoms with Crippen LogP contribution in [-0.4, -0.2) is 41.6 Å². The average molecular weight is 431 g/mol. The summed E-state index contributed by atoms with van der Waals surface area (Å²) in [4.78, 5) is 38.1. The van der Waals surface area contributed by atoms with E-state index < -0.39 is 35.2 Å². The second-order valence-electron chi connectivity index (χ2n) is 9.88. The van der Waals surface area contributed by atoms with Gasteiger partial charge in [-0.2, -0.15) is 0 Å². The summed E-state index contributed by atoms with van der Waals surface area (Å²) >= 11 is 0. The highest BCUT2D eigenvalue weighted by molar-refractivity contribution is 5.96. The van der Waals surface area contributed by atoms with Crippen molar-refractivity contribution in [1.82, 2.24) is 0 Å². The van der Waals surface area contributed by atoms with E-state index in [1.807, 2.05) is 46.8 Å². The summed E-state index contributed by atoms with van der Waals surface area (Å²) < 4.78 is 17.4. The maximum absolute atomic E-state index is 12.9. The van der Waals surface area contributed by atoms with Crippen molar-refractivity contribution in [3.8, 4) is 0 Å². The zero-order valence-corrected chi connectivity index (χ0v) is 19.8. The molecule has 2 aliphatic carbocycles. The lowest BCUT2D eigenvalue weighted by molar-refractivity contribution is -0.176. The minimum Gasteiger partial charge on any atom is -0.454 e. The second kappa shape index (κ2) is 8.05. The van der Waals surface area contributed by atoms with E-state index in [0.29, 0.717) is 12.0 Å². The Bertz CT molecular complexity index is 892. The van der Waals surface area contributed by atoms with Gasteiger partial charge in [0.25, 0.3) is 0 Å². The summed E-state index contributed by atoms with van der Waals surface area (Å²) in [5.74, 6) is -0.875. The largest absolute Gasteiger partial charge is 0.454 e. The molecule has 0 aromatic carbocycles. The van der Waals surface area contributed by atoms with Crippen LogP contribution in [0, 0.1) is 17.3 Å². The second-order valence-corrected chi connectivity index (χ2v) is 9.88. The van der Waals surface area contributed by atoms with Gasteiger partial charge < -0.3 is 14.2 Å². The van der Waals surface area contributed by atoms with Crippen LogP contribution >= 0.6 is 0 Å². The molecule has 6 nitrogen and oxygen atoms in total. The first kappa shape index (κ1) is 23.5. The minimum absolute atomic E-state index is 0.0365. The number of esters is 2. The summed E-state index contributed by atoms with van der Waals surface area (Å²) in [6.45, 7) is 14.8. The van der Waals surface area contributed by atoms with E-state index in [0.717, 1.165) is 11.1 Å². The van der Waals surface area contributed by atoms with Gasteiger partial charge in [0.05, 0.1) is 6.10 Å². The molecule has 31 heavy (non-hydrogen) atoms. The van der Waals surface area contributed by atoms with Crippen molar-refractivity contribution < 1.29 is 28.6 Å². The van der Waals surface area contributed by atoms with Gasteiger partial charge in [-0.25, -0.2) is 9.59 Å². The topological polar surface area (TPSA) is 82.2 Å². The monoisotopic (exact) mass is 430 g/mol. The minimum atomic E-state index is -0.981. The zero-order chi connectivity index (χ0) is 23.3. The summed E-state index contributed by atoms with van der Waals surface area (Å²) in [5, 5.41) is 0. The smallest absolute Gasteiger partial charge is 0.341 e. The molecule has 0 aromatic rings. The molecule has 0 aromatic heterocycles. The predicted molar refractivity (Wildman–Crippen MR) is 116 cm³/mol. The molecule has 170 valence electrons. The van der Waals surface area contributed by atoms with Crippen LogP contribution in [0.1, 0.15) is 61.8 Å². The van der Waals surface area contributed by atoms with Gasteiger partial charge in [0.2, 0.25) is 0 Å². The van der Waals surface area contributed by atoms with Crippen LogP contribution in [0.5, 0.6) is 0 Å². The van der Waals surface area contributed by atoms with Crippen molar-refractivity contribution in [2.45, 2.75) is 85.7 Å². The molecule has 0 radical (unpaired) electrons. The van der Waals surface area contributed by atoms with Gasteiger partial charge in [-0.1, -0.05) is 31.6 Å². The lowest BCUT2D eigenvalue weighted by Crippen LogP contribution is -2.49. The van der Waals surface area contributed by atoms with Gasteiger partial charge in [-0.3, -0.25) is 4.79 Å². The van der Waals surface area contributed by atoms with Gasteiger partial charge in [0.1, 0.15) is 6.10 Å². The standard InChI is InChI=1S/C25H34O6/c1-9-13(2)22(27)30-21-20(29-23(28)25(8)16(5)31-25)11-14(3)17-12-19(26)15(4)10-18(17)24(21,6)7/h9-11,16-18,20-21H,12H2,1-8H3. The molecule has 0 N–H and O–H groups in total. The number of carbonyl (C=O) groups excluding carboxylic acids is 3. The fourth-order valence-corrected chi connectivity index (χ4v) is 4.66. The molecule has 1 heterocycles. The first-order chi connectivity index (χ1) is 14.3. The third-order valence-electron chi connectivity index (χ3n) is 7.39. The van der Waals surface area contributed by atoms with Crippen molar-refractivity contribution in [3.05, 3.63) is 34.9 Å². The number of epoxide rings is 1. The van der Waals surface area contributed by atoms with Gasteiger partial charge in [0.15, 0.2) is 17.5 Å². The van der Waals surface area contributed by atoms with Crippen molar-refractivity contribution in [2.24, 2.45) is 17.3 Å². The van der Waals surface area contributed by atoms with Crippen LogP contribution in [-0.2, 0) is 28.6 Å². The molecule has 0 saturated carbocycles. The molecule has 0 spiro atoms. The molecular formula is C25H34O6. The number of carbonyl (C=O) groups is 3. The van der Waals surface area contributed by atoms with Gasteiger partial charge >= 0.3 is 11.9 Å². The number of ketones is 1. The van der Waals surface area contributed by atoms with Gasteiger partial charge in [-0.15, -0.1) is 0 Å². The number of hydrogen-bond acceptors (Lipinski definition) is 6. The van der Waals surface area contributed by atoms with Crippen LogP contribution < -0.4 is 0 Å². The fraction of sp³-hybridized carbons (Fsp3) is 0.640. The number of hydrogen-bond donors (Lipinski definition) is 0. The molecule has 1 fully saturated rings. The van der Waals surface area contributed by atoms with Crippen molar-refractivity contribution in [2.75, 3.05) is 0 Å². The number of allylic oxidation sites excluding steroid dienone is 4. The van der Waals surface area contributed by atoms with E-state index in [9.17, 15) is 14.4 Å². The quantitative estimate of drug-likeness (QED) is 0.289. The van der Waals surface area contributed by atoms with Crippen molar-refractivity contribution in [3.63, 3.8) is 0 Å². The number of fused-ring (bicyclic) bond motifs is 1. The lowest BCUT2D eigenvalue weighted by Gasteiger charge is -2.44. The Morgan fingerprint density at radius 3 is 2.32 bits per heavy atom. The zero-order valence-electron chi connectivity index (χ0n) is 19.8. The van der Waals surface area contributed by atoms with E-state index in [-0.39, 0.29) is 23.7 Å². The Labute approximate surface area is 184 Å². The molecule has 6 heteroatoms. The molecule has 6 atom stereocenters. The predicted octanol–water partition coefficient (Wildman–Crippen LogP) is 4.09. The Hall–Kier alpha value is -2.21. The van der Waals surface area contributed by atoms with E-state index in [1.165, 1.54) is 0 Å². The van der Waals surface area contributed by atoms with Crippen LogP contribution in [0.4, 0.5) is 0 Å². The number of ether oxygens (including phenoxy) is 3. The first-order valence-corrected chi connectivity index (χ1v) is 11.0. The molecular weight excluding hydrogens is 396 g/mol. The van der Waals surface area contributed by atoms with E-state index in [2.05, 4.69) is 0 Å².